The number of aliphatic hydroxyl groups is 1. The van der Waals surface area contributed by atoms with Crippen molar-refractivity contribution in [1.29, 1.82) is 0 Å². The van der Waals surface area contributed by atoms with Gasteiger partial charge in [-0.2, -0.15) is 11.3 Å². The van der Waals surface area contributed by atoms with Gasteiger partial charge in [0.15, 0.2) is 6.10 Å². The lowest BCUT2D eigenvalue weighted by Crippen LogP contribution is -2.44. The first-order valence-corrected chi connectivity index (χ1v) is 7.78. The van der Waals surface area contributed by atoms with Gasteiger partial charge in [0.05, 0.1) is 6.54 Å². The van der Waals surface area contributed by atoms with Crippen LogP contribution < -0.4 is 10.1 Å². The number of carbonyl (C=O) groups is 1. The van der Waals surface area contributed by atoms with E-state index in [-0.39, 0.29) is 12.5 Å². The number of hydrogen-bond donors (Lipinski definition) is 2. The van der Waals surface area contributed by atoms with Gasteiger partial charge >= 0.3 is 0 Å². The molecule has 0 saturated carbocycles. The minimum atomic E-state index is -1.07. The van der Waals surface area contributed by atoms with E-state index in [1.165, 1.54) is 11.3 Å². The van der Waals surface area contributed by atoms with Gasteiger partial charge in [0, 0.05) is 6.42 Å². The van der Waals surface area contributed by atoms with Gasteiger partial charge < -0.3 is 15.2 Å². The Labute approximate surface area is 127 Å². The molecule has 0 spiro atoms. The number of amides is 1. The quantitative estimate of drug-likeness (QED) is 0.909. The van der Waals surface area contributed by atoms with Gasteiger partial charge in [-0.05, 0) is 40.9 Å². The molecule has 0 unspecified atom stereocenters. The van der Waals surface area contributed by atoms with Gasteiger partial charge in [0.1, 0.15) is 11.4 Å². The van der Waals surface area contributed by atoms with Crippen molar-refractivity contribution in [3.05, 3.63) is 52.2 Å². The predicted octanol–water partition coefficient (Wildman–Crippen LogP) is 2.08. The van der Waals surface area contributed by atoms with E-state index < -0.39 is 11.7 Å². The molecule has 21 heavy (non-hydrogen) atoms. The van der Waals surface area contributed by atoms with Crippen LogP contribution in [-0.4, -0.2) is 23.7 Å². The first-order chi connectivity index (χ1) is 10.1. The SMILES string of the molecule is C[C@](O)(CNC(=O)[C@H]1Cc2ccccc2O1)c1ccsc1. The molecule has 1 aliphatic heterocycles. The van der Waals surface area contributed by atoms with E-state index in [0.29, 0.717) is 6.42 Å². The smallest absolute Gasteiger partial charge is 0.261 e. The number of ether oxygens (including phenoxy) is 1. The number of benzene rings is 1. The first-order valence-electron chi connectivity index (χ1n) is 6.83. The van der Waals surface area contributed by atoms with Crippen molar-refractivity contribution >= 4 is 17.2 Å². The summed E-state index contributed by atoms with van der Waals surface area (Å²) in [4.78, 5) is 12.2. The molecule has 0 saturated heterocycles. The fraction of sp³-hybridized carbons (Fsp3) is 0.312. The second-order valence-electron chi connectivity index (χ2n) is 5.42. The van der Waals surface area contributed by atoms with Crippen LogP contribution in [0.5, 0.6) is 5.75 Å². The molecule has 0 radical (unpaired) electrons. The highest BCUT2D eigenvalue weighted by molar-refractivity contribution is 7.08. The normalized spacial score (nSPS) is 19.4. The van der Waals surface area contributed by atoms with Gasteiger partial charge in [0.2, 0.25) is 0 Å². The Balaban J connectivity index is 1.59. The molecule has 5 heteroatoms. The monoisotopic (exact) mass is 303 g/mol. The molecule has 0 fully saturated rings. The molecule has 2 atom stereocenters. The zero-order valence-electron chi connectivity index (χ0n) is 11.7. The lowest BCUT2D eigenvalue weighted by atomic mass is 9.99. The van der Waals surface area contributed by atoms with E-state index >= 15 is 0 Å². The van der Waals surface area contributed by atoms with Crippen molar-refractivity contribution in [3.63, 3.8) is 0 Å². The van der Waals surface area contributed by atoms with Crippen LogP contribution in [0.1, 0.15) is 18.1 Å². The van der Waals surface area contributed by atoms with Crippen LogP contribution >= 0.6 is 11.3 Å². The summed E-state index contributed by atoms with van der Waals surface area (Å²) < 4.78 is 5.63. The van der Waals surface area contributed by atoms with Gasteiger partial charge in [0.25, 0.3) is 5.91 Å². The molecule has 2 aromatic rings. The van der Waals surface area contributed by atoms with Gasteiger partial charge in [-0.25, -0.2) is 0 Å². The summed E-state index contributed by atoms with van der Waals surface area (Å²) in [5, 5.41) is 17.0. The molecular formula is C16H17NO3S. The predicted molar refractivity (Wildman–Crippen MR) is 81.5 cm³/mol. The summed E-state index contributed by atoms with van der Waals surface area (Å²) in [5.41, 5.74) is 0.784. The molecule has 110 valence electrons. The van der Waals surface area contributed by atoms with Crippen molar-refractivity contribution in [2.24, 2.45) is 0 Å². The number of fused-ring (bicyclic) bond motifs is 1. The van der Waals surface area contributed by atoms with Gasteiger partial charge in [-0.15, -0.1) is 0 Å². The number of hydrogen-bond acceptors (Lipinski definition) is 4. The maximum Gasteiger partial charge on any atom is 0.261 e. The lowest BCUT2D eigenvalue weighted by molar-refractivity contribution is -0.128. The van der Waals surface area contributed by atoms with Crippen LogP contribution in [0.25, 0.3) is 0 Å². The molecule has 1 aromatic carbocycles. The highest BCUT2D eigenvalue weighted by Crippen LogP contribution is 2.28. The number of carbonyl (C=O) groups excluding carboxylic acids is 1. The zero-order chi connectivity index (χ0) is 14.9. The Kier molecular flexibility index (Phi) is 3.69. The molecular weight excluding hydrogens is 286 g/mol. The van der Waals surface area contributed by atoms with Crippen LogP contribution in [0.15, 0.2) is 41.1 Å². The average Bonchev–Trinajstić information content (AvgIpc) is 3.13. The third-order valence-corrected chi connectivity index (χ3v) is 4.37. The molecule has 2 N–H and O–H groups in total. The van der Waals surface area contributed by atoms with E-state index in [4.69, 9.17) is 4.74 Å². The summed E-state index contributed by atoms with van der Waals surface area (Å²) in [6, 6.07) is 9.51. The van der Waals surface area contributed by atoms with Gasteiger partial charge in [-0.3, -0.25) is 4.79 Å². The van der Waals surface area contributed by atoms with Crippen LogP contribution in [0.4, 0.5) is 0 Å². The van der Waals surface area contributed by atoms with E-state index in [2.05, 4.69) is 5.32 Å². The second kappa shape index (κ2) is 5.50. The molecule has 4 nitrogen and oxygen atoms in total. The second-order valence-corrected chi connectivity index (χ2v) is 6.20. The third-order valence-electron chi connectivity index (χ3n) is 3.69. The average molecular weight is 303 g/mol. The maximum absolute atomic E-state index is 12.2. The summed E-state index contributed by atoms with van der Waals surface area (Å²) in [5.74, 6) is 0.573. The third kappa shape index (κ3) is 2.94. The topological polar surface area (TPSA) is 58.6 Å². The molecule has 1 aromatic heterocycles. The Morgan fingerprint density at radius 1 is 1.48 bits per heavy atom. The Bertz CT molecular complexity index is 612. The number of nitrogens with one attached hydrogen (secondary N) is 1. The number of thiophene rings is 1. The minimum Gasteiger partial charge on any atom is -0.480 e. The molecule has 3 rings (SSSR count). The van der Waals surface area contributed by atoms with Gasteiger partial charge in [-0.1, -0.05) is 18.2 Å². The summed E-state index contributed by atoms with van der Waals surface area (Å²) in [7, 11) is 0. The van der Waals surface area contributed by atoms with E-state index in [9.17, 15) is 9.90 Å². The van der Waals surface area contributed by atoms with E-state index in [1.54, 1.807) is 6.92 Å². The molecule has 2 heterocycles. The highest BCUT2D eigenvalue weighted by Gasteiger charge is 2.31. The van der Waals surface area contributed by atoms with Crippen LogP contribution in [0.3, 0.4) is 0 Å². The van der Waals surface area contributed by atoms with Crippen molar-refractivity contribution in [2.75, 3.05) is 6.54 Å². The summed E-state index contributed by atoms with van der Waals surface area (Å²) >= 11 is 1.52. The van der Waals surface area contributed by atoms with Crippen molar-refractivity contribution in [3.8, 4) is 5.75 Å². The van der Waals surface area contributed by atoms with Crippen molar-refractivity contribution in [1.82, 2.24) is 5.32 Å². The zero-order valence-corrected chi connectivity index (χ0v) is 12.5. The Morgan fingerprint density at radius 3 is 3.00 bits per heavy atom. The Hall–Kier alpha value is -1.85. The maximum atomic E-state index is 12.2. The first kappa shape index (κ1) is 14.1. The molecule has 1 aliphatic rings. The molecule has 0 bridgehead atoms. The van der Waals surface area contributed by atoms with Crippen LogP contribution in [0.2, 0.25) is 0 Å². The highest BCUT2D eigenvalue weighted by atomic mass is 32.1. The lowest BCUT2D eigenvalue weighted by Gasteiger charge is -2.23. The minimum absolute atomic E-state index is 0.165. The molecule has 0 aliphatic carbocycles. The summed E-state index contributed by atoms with van der Waals surface area (Å²) in [6.45, 7) is 1.86. The number of rotatable bonds is 4. The van der Waals surface area contributed by atoms with E-state index in [0.717, 1.165) is 16.9 Å². The molecule has 1 amide bonds. The van der Waals surface area contributed by atoms with E-state index in [1.807, 2.05) is 41.1 Å². The summed E-state index contributed by atoms with van der Waals surface area (Å²) in [6.07, 6.45) is 0.0588. The van der Waals surface area contributed by atoms with Crippen molar-refractivity contribution in [2.45, 2.75) is 25.0 Å². The largest absolute Gasteiger partial charge is 0.480 e. The number of para-hydroxylation sites is 1. The fourth-order valence-corrected chi connectivity index (χ4v) is 3.16. The van der Waals surface area contributed by atoms with Crippen molar-refractivity contribution < 1.29 is 14.6 Å². The fourth-order valence-electron chi connectivity index (χ4n) is 2.37. The van der Waals surface area contributed by atoms with Crippen LogP contribution in [0, 0.1) is 0 Å². The Morgan fingerprint density at radius 2 is 2.29 bits per heavy atom. The standard InChI is InChI=1S/C16H17NO3S/c1-16(19,12-6-7-21-9-12)10-17-15(18)14-8-11-4-2-3-5-13(11)20-14/h2-7,9,14,19H,8,10H2,1H3,(H,17,18)/t14-,16+/m1/s1. The van der Waals surface area contributed by atoms with Crippen LogP contribution in [-0.2, 0) is 16.8 Å².